The van der Waals surface area contributed by atoms with Gasteiger partial charge < -0.3 is 20.7 Å². The number of nitro benzene ring substituents is 1. The molecule has 0 bridgehead atoms. The van der Waals surface area contributed by atoms with Gasteiger partial charge in [-0.15, -0.1) is 35.8 Å². The number of benzene rings is 8. The number of nitrogens with zero attached hydrogens (tertiary/aromatic N) is 9. The summed E-state index contributed by atoms with van der Waals surface area (Å²) in [6.45, 7) is 0.751. The summed E-state index contributed by atoms with van der Waals surface area (Å²) in [5.41, 5.74) is -2.60. The summed E-state index contributed by atoms with van der Waals surface area (Å²) in [5.74, 6) is -4.24. The highest BCUT2D eigenvalue weighted by molar-refractivity contribution is 7.88. The van der Waals surface area contributed by atoms with Gasteiger partial charge in [-0.05, 0) is 85.6 Å². The first-order valence-electron chi connectivity index (χ1n) is 24.2. The second kappa shape index (κ2) is 24.7. The van der Waals surface area contributed by atoms with E-state index in [1.165, 1.54) is 6.92 Å². The van der Waals surface area contributed by atoms with E-state index in [2.05, 4.69) is 40.9 Å². The molecule has 0 aromatic heterocycles. The first-order chi connectivity index (χ1) is 42.7. The molecule has 0 saturated heterocycles. The number of nitrogen functional groups attached to an aromatic ring is 1. The highest BCUT2D eigenvalue weighted by atomic mass is 32.2. The maximum Gasteiger partial charge on any atom is 0.298 e. The molecule has 0 saturated carbocycles. The number of hydrogen-bond acceptors (Lipinski definition) is 30. The van der Waals surface area contributed by atoms with E-state index in [0.29, 0.717) is 30.3 Å². The Balaban J connectivity index is 1.27. The lowest BCUT2D eigenvalue weighted by Crippen LogP contribution is -2.08. The third-order valence-corrected chi connectivity index (χ3v) is 19.7. The lowest BCUT2D eigenvalue weighted by Gasteiger charge is -2.15. The minimum atomic E-state index is -5.80. The minimum absolute atomic E-state index is 0.0277. The third kappa shape index (κ3) is 15.0. The van der Waals surface area contributed by atoms with Crippen LogP contribution in [0.4, 0.5) is 56.9 Å². The zero-order valence-corrected chi connectivity index (χ0v) is 51.9. The van der Waals surface area contributed by atoms with Crippen LogP contribution in [0.5, 0.6) is 17.2 Å². The van der Waals surface area contributed by atoms with Crippen LogP contribution in [-0.2, 0) is 80.9 Å². The topological polar surface area (TPSA) is 653 Å². The number of nitro groups is 1. The second-order valence-electron chi connectivity index (χ2n) is 18.8. The number of azo groups is 4. The van der Waals surface area contributed by atoms with Crippen LogP contribution in [0.1, 0.15) is 12.0 Å². The Morgan fingerprint density at radius 3 is 1.53 bits per heavy atom. The molecule has 0 amide bonds. The molecule has 0 fully saturated rings. The summed E-state index contributed by atoms with van der Waals surface area (Å²) in [6.07, 6.45) is -0.428. The summed E-state index contributed by atoms with van der Waals surface area (Å²) in [7, 11) is -42.7. The first-order valence-corrected chi connectivity index (χ1v) is 35.9. The lowest BCUT2D eigenvalue weighted by molar-refractivity contribution is -0.384. The Bertz CT molecular complexity index is 5720. The van der Waals surface area contributed by atoms with E-state index in [0.717, 1.165) is 48.5 Å². The predicted octanol–water partition coefficient (Wildman–Crippen LogP) is 8.40. The number of rotatable bonds is 21. The van der Waals surface area contributed by atoms with E-state index in [4.69, 9.17) is 10.5 Å². The first kappa shape index (κ1) is 69.7. The number of phenolic OH excluding ortho intramolecular Hbond substituents is 2. The number of aryl methyl sites for hydroxylation is 1. The van der Waals surface area contributed by atoms with E-state index < -0.39 is 240 Å². The van der Waals surface area contributed by atoms with Gasteiger partial charge in [0.25, 0.3) is 86.6 Å². The molecule has 39 nitrogen and oxygen atoms in total. The molecule has 8 rings (SSSR count). The van der Waals surface area contributed by atoms with Crippen LogP contribution in [0, 0.1) is 17.0 Å². The fraction of sp³-hybridized carbons (Fsp3) is 0.0870. The third-order valence-electron chi connectivity index (χ3n) is 12.6. The Morgan fingerprint density at radius 1 is 0.452 bits per heavy atom. The lowest BCUT2D eigenvalue weighted by atomic mass is 10.0. The number of phenols is 2. The highest BCUT2D eigenvalue weighted by Gasteiger charge is 2.32. The molecule has 0 aliphatic carbocycles. The molecular weight excluding hydrogens is 1410 g/mol. The van der Waals surface area contributed by atoms with Crippen LogP contribution in [0.15, 0.2) is 166 Å². The quantitative estimate of drug-likeness (QED) is 0.00802. The van der Waals surface area contributed by atoms with Crippen molar-refractivity contribution in [2.75, 3.05) is 18.1 Å². The van der Waals surface area contributed by atoms with Crippen LogP contribution >= 0.6 is 0 Å². The van der Waals surface area contributed by atoms with E-state index >= 15 is 0 Å². The summed E-state index contributed by atoms with van der Waals surface area (Å²) in [6, 6.07) is 10.6. The van der Waals surface area contributed by atoms with Gasteiger partial charge in [0.2, 0.25) is 0 Å². The SMILES string of the molecule is Cc1cc(N=Nc2c(S(=O)(=O)O)cc3c(S(=O)(=O)O)c(N=Nc4cc(S(=O)(=O)O)c5cc(S(=O)(=O)O)c(N=Nc6ccc(S(=O)(=O)O)cc6[N+](=O)[O-])c(O)c5c4N)ccc3c2O)c(OCCCS(=O)(=O)O)cc1N=Nc1ccc(S(=O)(=O)O)c2cccc(S(=O)(=O)O)c12. The molecular formula is C46H36N10O29S8. The van der Waals surface area contributed by atoms with Crippen molar-refractivity contribution in [2.24, 2.45) is 40.9 Å². The predicted molar refractivity (Wildman–Crippen MR) is 316 cm³/mol. The molecule has 0 radical (unpaired) electrons. The fourth-order valence-corrected chi connectivity index (χ4v) is 13.9. The van der Waals surface area contributed by atoms with Crippen molar-refractivity contribution in [2.45, 2.75) is 47.6 Å². The molecule has 47 heteroatoms. The zero-order chi connectivity index (χ0) is 69.3. The number of ether oxygens (including phenoxy) is 1. The normalized spacial score (nSPS) is 13.4. The smallest absolute Gasteiger partial charge is 0.298 e. The minimum Gasteiger partial charge on any atom is -0.505 e. The molecule has 8 aromatic rings. The summed E-state index contributed by atoms with van der Waals surface area (Å²) < 4.78 is 285. The fourth-order valence-electron chi connectivity index (χ4n) is 8.68. The van der Waals surface area contributed by atoms with Crippen molar-refractivity contribution < 1.29 is 124 Å². The van der Waals surface area contributed by atoms with Crippen molar-refractivity contribution in [3.05, 3.63) is 107 Å². The van der Waals surface area contributed by atoms with Crippen molar-refractivity contribution in [3.8, 4) is 17.2 Å². The van der Waals surface area contributed by atoms with Gasteiger partial charge in [-0.25, -0.2) is 0 Å². The molecule has 0 spiro atoms. The number of aromatic hydroxyl groups is 2. The van der Waals surface area contributed by atoms with E-state index in [9.17, 15) is 124 Å². The maximum absolute atomic E-state index is 13.2. The summed E-state index contributed by atoms with van der Waals surface area (Å²) >= 11 is 0. The molecule has 0 aliphatic heterocycles. The van der Waals surface area contributed by atoms with Crippen molar-refractivity contribution >= 4 is 170 Å². The second-order valence-corrected chi connectivity index (χ2v) is 30.1. The van der Waals surface area contributed by atoms with Crippen LogP contribution < -0.4 is 10.5 Å². The average Bonchev–Trinajstić information content (AvgIpc) is 0.751. The van der Waals surface area contributed by atoms with Gasteiger partial charge in [0.05, 0.1) is 39.7 Å². The van der Waals surface area contributed by atoms with Crippen LogP contribution in [0.3, 0.4) is 0 Å². The van der Waals surface area contributed by atoms with Gasteiger partial charge in [0.1, 0.15) is 68.5 Å². The molecule has 492 valence electrons. The number of nitrogens with two attached hydrogens (primary N) is 1. The van der Waals surface area contributed by atoms with Crippen molar-refractivity contribution in [1.82, 2.24) is 0 Å². The molecule has 0 unspecified atom stereocenters. The van der Waals surface area contributed by atoms with E-state index in [-0.39, 0.29) is 23.4 Å². The summed E-state index contributed by atoms with van der Waals surface area (Å²) in [4.78, 5) is 1.96. The number of hydrogen-bond donors (Lipinski definition) is 11. The Morgan fingerprint density at radius 2 is 0.968 bits per heavy atom. The Hall–Kier alpha value is -9.18. The van der Waals surface area contributed by atoms with Crippen molar-refractivity contribution in [3.63, 3.8) is 0 Å². The van der Waals surface area contributed by atoms with E-state index in [1.807, 2.05) is 0 Å². The van der Waals surface area contributed by atoms with Crippen molar-refractivity contribution in [1.29, 1.82) is 0 Å². The van der Waals surface area contributed by atoms with Gasteiger partial charge in [-0.2, -0.15) is 72.5 Å². The number of anilines is 1. The van der Waals surface area contributed by atoms with Gasteiger partial charge in [-0.3, -0.25) is 46.5 Å². The van der Waals surface area contributed by atoms with Crippen LogP contribution in [0.2, 0.25) is 0 Å². The van der Waals surface area contributed by atoms with E-state index in [1.54, 1.807) is 0 Å². The van der Waals surface area contributed by atoms with Gasteiger partial charge in [-0.1, -0.05) is 12.1 Å². The molecule has 0 heterocycles. The Labute approximate surface area is 521 Å². The van der Waals surface area contributed by atoms with Crippen LogP contribution in [-0.4, -0.2) is 131 Å². The number of fused-ring (bicyclic) bond motifs is 3. The van der Waals surface area contributed by atoms with Gasteiger partial charge in [0, 0.05) is 39.1 Å². The zero-order valence-electron chi connectivity index (χ0n) is 45.4. The highest BCUT2D eigenvalue weighted by Crippen LogP contribution is 2.51. The van der Waals surface area contributed by atoms with Crippen LogP contribution in [0.25, 0.3) is 32.3 Å². The van der Waals surface area contributed by atoms with Gasteiger partial charge in [0.15, 0.2) is 17.2 Å². The monoisotopic (exact) mass is 1450 g/mol. The molecule has 8 aromatic carbocycles. The van der Waals surface area contributed by atoms with Gasteiger partial charge >= 0.3 is 0 Å². The average molecular weight is 1450 g/mol. The molecule has 93 heavy (non-hydrogen) atoms. The maximum atomic E-state index is 13.2. The molecule has 0 aliphatic rings. The largest absolute Gasteiger partial charge is 0.505 e. The Kier molecular flexibility index (Phi) is 18.5. The summed E-state index contributed by atoms with van der Waals surface area (Å²) in [5, 5.41) is 60.0. The molecule has 12 N–H and O–H groups in total. The molecule has 0 atom stereocenters. The standard InChI is InChI=1S/C46H36N10O29S8/c1-20-14-30(33(85-12-3-13-86(61,62)63)18-29(20)51-49-27-10-11-34(88(67,68)69)23-4-2-5-35(39(23)27)89(70,71)72)52-54-42-37(91(76,77)78)16-24-22(44(42)57)7-9-28(46(24)93(82,83)84)50-53-31-19-36(90(73,74)75)25-17-38(92(79,80)81)43(45(58)40(25)41(31)47)55-48-26-8-6-21(87(64,65)66)15-32(26)56(59)60/h2,4-11,14-19,57-58H,3,12-13,47H2,1H3,(H,61,62,63)(H,64,65,66)(H,67,68,69)(H,70,71,72)(H,73,74,75)(H,76,77,78)(H,79,80,81)(H,82,83,84).